The lowest BCUT2D eigenvalue weighted by molar-refractivity contribution is -0.347. The molecule has 3 unspecified atom stereocenters. The zero-order valence-corrected chi connectivity index (χ0v) is 19.8. The first-order valence-corrected chi connectivity index (χ1v) is 12.2. The number of hydrogen-bond acceptors (Lipinski definition) is 7. The Labute approximate surface area is 181 Å². The van der Waals surface area contributed by atoms with Crippen LogP contribution in [0.3, 0.4) is 0 Å². The molecule has 7 nitrogen and oxygen atoms in total. The minimum atomic E-state index is -3.37. The largest absolute Gasteiger partial charge is 0.373 e. The fraction of sp³-hybridized carbons (Fsp3) is 0.727. The number of fused-ring (bicyclic) bond motifs is 1. The van der Waals surface area contributed by atoms with E-state index in [-0.39, 0.29) is 18.6 Å². The van der Waals surface area contributed by atoms with Crippen molar-refractivity contribution in [3.63, 3.8) is 0 Å². The van der Waals surface area contributed by atoms with Gasteiger partial charge < -0.3 is 18.9 Å². The summed E-state index contributed by atoms with van der Waals surface area (Å²) in [6.45, 7) is 2.37. The van der Waals surface area contributed by atoms with Gasteiger partial charge in [-0.3, -0.25) is 4.18 Å². The van der Waals surface area contributed by atoms with Gasteiger partial charge in [-0.25, -0.2) is 0 Å². The standard InChI is InChI=1S/C22H36O7S/c1-17(13-9-7-8-12-16-29-30(6,23)24)21(26-3)20(25-2)18-14-10-11-15-19(18)22(21,27-4)28-5/h10-11,14-15,17,20H,7-9,12-13,16H2,1-6H3. The number of ether oxygens (including phenoxy) is 4. The molecule has 1 aromatic carbocycles. The molecule has 0 spiro atoms. The van der Waals surface area contributed by atoms with Crippen LogP contribution in [0.25, 0.3) is 0 Å². The van der Waals surface area contributed by atoms with Crippen LogP contribution in [0, 0.1) is 5.92 Å². The molecule has 1 aliphatic rings. The molecule has 0 radical (unpaired) electrons. The molecule has 8 heteroatoms. The van der Waals surface area contributed by atoms with Gasteiger partial charge in [0.2, 0.25) is 5.79 Å². The molecule has 172 valence electrons. The quantitative estimate of drug-likeness (QED) is 0.260. The zero-order chi connectivity index (χ0) is 22.4. The van der Waals surface area contributed by atoms with Crippen molar-refractivity contribution in [1.29, 1.82) is 0 Å². The summed E-state index contributed by atoms with van der Waals surface area (Å²) in [6, 6.07) is 7.98. The van der Waals surface area contributed by atoms with Crippen molar-refractivity contribution in [2.45, 2.75) is 56.5 Å². The third kappa shape index (κ3) is 4.59. The molecule has 0 aliphatic heterocycles. The van der Waals surface area contributed by atoms with Crippen molar-refractivity contribution < 1.29 is 31.5 Å². The van der Waals surface area contributed by atoms with Crippen molar-refractivity contribution in [2.75, 3.05) is 41.3 Å². The van der Waals surface area contributed by atoms with E-state index in [1.807, 2.05) is 24.3 Å². The smallest absolute Gasteiger partial charge is 0.264 e. The fourth-order valence-corrected chi connectivity index (χ4v) is 5.34. The van der Waals surface area contributed by atoms with E-state index < -0.39 is 21.5 Å². The van der Waals surface area contributed by atoms with Crippen molar-refractivity contribution in [3.05, 3.63) is 35.4 Å². The Morgan fingerprint density at radius 2 is 1.60 bits per heavy atom. The van der Waals surface area contributed by atoms with E-state index >= 15 is 0 Å². The summed E-state index contributed by atoms with van der Waals surface area (Å²) >= 11 is 0. The molecule has 1 aliphatic carbocycles. The third-order valence-electron chi connectivity index (χ3n) is 6.21. The third-order valence-corrected chi connectivity index (χ3v) is 6.81. The Kier molecular flexibility index (Phi) is 8.85. The van der Waals surface area contributed by atoms with Crippen LogP contribution in [0.2, 0.25) is 0 Å². The maximum absolute atomic E-state index is 11.0. The van der Waals surface area contributed by atoms with Gasteiger partial charge in [0, 0.05) is 34.0 Å². The molecule has 2 rings (SSSR count). The van der Waals surface area contributed by atoms with Crippen LogP contribution in [0.4, 0.5) is 0 Å². The number of unbranched alkanes of at least 4 members (excludes halogenated alkanes) is 3. The van der Waals surface area contributed by atoms with Gasteiger partial charge in [0.15, 0.2) is 5.60 Å². The summed E-state index contributed by atoms with van der Waals surface area (Å²) in [7, 11) is 3.28. The normalized spacial score (nSPS) is 24.0. The highest BCUT2D eigenvalue weighted by Gasteiger charge is 2.68. The molecule has 0 aromatic heterocycles. The highest BCUT2D eigenvalue weighted by Crippen LogP contribution is 2.60. The summed E-state index contributed by atoms with van der Waals surface area (Å²) < 4.78 is 51.1. The van der Waals surface area contributed by atoms with Crippen LogP contribution in [-0.2, 0) is 39.0 Å². The van der Waals surface area contributed by atoms with Crippen LogP contribution in [-0.4, -0.2) is 55.3 Å². The second kappa shape index (κ2) is 10.5. The predicted octanol–water partition coefficient (Wildman–Crippen LogP) is 3.78. The summed E-state index contributed by atoms with van der Waals surface area (Å²) in [6.07, 6.45) is 5.15. The minimum Gasteiger partial charge on any atom is -0.373 e. The number of methoxy groups -OCH3 is 4. The van der Waals surface area contributed by atoms with Crippen LogP contribution in [0.15, 0.2) is 24.3 Å². The van der Waals surface area contributed by atoms with E-state index in [2.05, 4.69) is 6.92 Å². The fourth-order valence-electron chi connectivity index (χ4n) is 4.92. The predicted molar refractivity (Wildman–Crippen MR) is 115 cm³/mol. The Morgan fingerprint density at radius 1 is 0.967 bits per heavy atom. The molecule has 0 amide bonds. The molecule has 0 saturated heterocycles. The van der Waals surface area contributed by atoms with Gasteiger partial charge in [-0.05, 0) is 24.3 Å². The monoisotopic (exact) mass is 444 g/mol. The van der Waals surface area contributed by atoms with Gasteiger partial charge >= 0.3 is 0 Å². The van der Waals surface area contributed by atoms with Gasteiger partial charge in [0.25, 0.3) is 10.1 Å². The highest BCUT2D eigenvalue weighted by atomic mass is 32.2. The first kappa shape index (κ1) is 25.2. The van der Waals surface area contributed by atoms with Crippen LogP contribution >= 0.6 is 0 Å². The molecule has 1 aromatic rings. The molecule has 0 N–H and O–H groups in total. The van der Waals surface area contributed by atoms with Crippen molar-refractivity contribution in [3.8, 4) is 0 Å². The van der Waals surface area contributed by atoms with E-state index in [9.17, 15) is 8.42 Å². The molecule has 0 saturated carbocycles. The average molecular weight is 445 g/mol. The second-order valence-corrected chi connectivity index (χ2v) is 9.50. The van der Waals surface area contributed by atoms with E-state index in [1.54, 1.807) is 28.4 Å². The zero-order valence-electron chi connectivity index (χ0n) is 19.0. The van der Waals surface area contributed by atoms with Crippen molar-refractivity contribution >= 4 is 10.1 Å². The summed E-state index contributed by atoms with van der Waals surface area (Å²) in [4.78, 5) is 0. The van der Waals surface area contributed by atoms with E-state index in [0.29, 0.717) is 6.42 Å². The van der Waals surface area contributed by atoms with E-state index in [0.717, 1.165) is 43.1 Å². The van der Waals surface area contributed by atoms with Gasteiger partial charge in [-0.1, -0.05) is 50.5 Å². The maximum Gasteiger partial charge on any atom is 0.264 e. The Balaban J connectivity index is 2.13. The Morgan fingerprint density at radius 3 is 2.17 bits per heavy atom. The topological polar surface area (TPSA) is 80.3 Å². The summed E-state index contributed by atoms with van der Waals surface area (Å²) in [5.74, 6) is -1.02. The molecule has 3 atom stereocenters. The molecule has 0 fully saturated rings. The van der Waals surface area contributed by atoms with Crippen molar-refractivity contribution in [2.24, 2.45) is 5.92 Å². The average Bonchev–Trinajstić information content (AvgIpc) is 2.98. The van der Waals surface area contributed by atoms with Crippen LogP contribution in [0.5, 0.6) is 0 Å². The van der Waals surface area contributed by atoms with Gasteiger partial charge in [0.05, 0.1) is 12.9 Å². The number of benzene rings is 1. The minimum absolute atomic E-state index is 0.0621. The number of rotatable bonds is 13. The molecule has 0 bridgehead atoms. The SMILES string of the molecule is COC1c2ccccc2C(OC)(OC)C1(OC)C(C)CCCCCCOS(C)(=O)=O. The Bertz CT molecular complexity index is 775. The lowest BCUT2D eigenvalue weighted by atomic mass is 9.76. The van der Waals surface area contributed by atoms with E-state index in [1.165, 1.54) is 0 Å². The Hall–Kier alpha value is -1.03. The molecular formula is C22H36O7S. The molecule has 0 heterocycles. The summed E-state index contributed by atoms with van der Waals surface area (Å²) in [5, 5.41) is 0. The van der Waals surface area contributed by atoms with Crippen LogP contribution < -0.4 is 0 Å². The second-order valence-electron chi connectivity index (χ2n) is 7.86. The van der Waals surface area contributed by atoms with Gasteiger partial charge in [0.1, 0.15) is 6.10 Å². The lowest BCUT2D eigenvalue weighted by Gasteiger charge is -2.48. The molecule has 30 heavy (non-hydrogen) atoms. The first-order chi connectivity index (χ1) is 14.2. The van der Waals surface area contributed by atoms with Gasteiger partial charge in [-0.15, -0.1) is 0 Å². The lowest BCUT2D eigenvalue weighted by Crippen LogP contribution is -2.59. The highest BCUT2D eigenvalue weighted by molar-refractivity contribution is 7.85. The van der Waals surface area contributed by atoms with Gasteiger partial charge in [-0.2, -0.15) is 8.42 Å². The van der Waals surface area contributed by atoms with Crippen molar-refractivity contribution in [1.82, 2.24) is 0 Å². The maximum atomic E-state index is 11.0. The number of hydrogen-bond donors (Lipinski definition) is 0. The molecular weight excluding hydrogens is 408 g/mol. The summed E-state index contributed by atoms with van der Waals surface area (Å²) in [5.41, 5.74) is 1.08. The van der Waals surface area contributed by atoms with Crippen LogP contribution in [0.1, 0.15) is 56.3 Å². The first-order valence-electron chi connectivity index (χ1n) is 10.4. The van der Waals surface area contributed by atoms with E-state index in [4.69, 9.17) is 23.1 Å².